The Balaban J connectivity index is 0.000000437. The second-order valence-electron chi connectivity index (χ2n) is 8.42. The summed E-state index contributed by atoms with van der Waals surface area (Å²) in [7, 11) is -4.02. The average molecular weight is 494 g/mol. The number of nitrogens with two attached hydrogens (primary N) is 1. The molecule has 2 aromatic carbocycles. The van der Waals surface area contributed by atoms with Gasteiger partial charge in [-0.2, -0.15) is 8.42 Å². The van der Waals surface area contributed by atoms with Crippen molar-refractivity contribution in [3.8, 4) is 5.75 Å². The smallest absolute Gasteiger partial charge is 0.408 e. The molecule has 2 rings (SSSR count). The number of rotatable bonds is 6. The summed E-state index contributed by atoms with van der Waals surface area (Å²) < 4.78 is 39.8. The van der Waals surface area contributed by atoms with Gasteiger partial charge in [0.05, 0.1) is 10.7 Å². The zero-order valence-electron chi connectivity index (χ0n) is 19.8. The number of amides is 1. The number of benzene rings is 2. The zero-order valence-corrected chi connectivity index (χ0v) is 20.6. The Morgan fingerprint density at radius 2 is 1.62 bits per heavy atom. The van der Waals surface area contributed by atoms with E-state index in [-0.39, 0.29) is 10.7 Å². The van der Waals surface area contributed by atoms with Gasteiger partial charge in [-0.05, 0) is 64.4 Å². The molecule has 0 aliphatic heterocycles. The van der Waals surface area contributed by atoms with Crippen LogP contribution in [0.1, 0.15) is 38.8 Å². The number of aryl methyl sites for hydroxylation is 1. The first-order valence-electron chi connectivity index (χ1n) is 10.2. The molecule has 1 atom stereocenters. The number of carbonyl (C=O) groups excluding carboxylic acids is 2. The third-order valence-corrected chi connectivity index (χ3v) is 4.81. The number of carbonyl (C=O) groups is 2. The molecule has 2 aromatic rings. The van der Waals surface area contributed by atoms with Crippen LogP contribution in [0.5, 0.6) is 5.75 Å². The molecule has 0 heterocycles. The predicted molar refractivity (Wildman–Crippen MR) is 128 cm³/mol. The lowest BCUT2D eigenvalue weighted by Crippen LogP contribution is -2.43. The van der Waals surface area contributed by atoms with Gasteiger partial charge in [0, 0.05) is 6.42 Å². The molecule has 5 N–H and O–H groups in total. The van der Waals surface area contributed by atoms with Gasteiger partial charge in [0.25, 0.3) is 10.1 Å². The normalized spacial score (nSPS) is 11.9. The number of ether oxygens (including phenoxy) is 2. The van der Waals surface area contributed by atoms with Gasteiger partial charge in [0.2, 0.25) is 0 Å². The molecule has 0 saturated carbocycles. The fourth-order valence-electron chi connectivity index (χ4n) is 2.35. The van der Waals surface area contributed by atoms with E-state index in [4.69, 9.17) is 25.2 Å². The van der Waals surface area contributed by atoms with Crippen molar-refractivity contribution in [2.45, 2.75) is 57.6 Å². The molecule has 0 unspecified atom stereocenters. The SMILES string of the molecule is C[C@@H](NC(=O)OC(C)(C)C)C(=O)Oc1ccc(CC(=N)N)cc1.Cc1ccc(S(=O)(=O)O)cc1. The van der Waals surface area contributed by atoms with Crippen molar-refractivity contribution in [1.29, 1.82) is 5.41 Å². The summed E-state index contributed by atoms with van der Waals surface area (Å²) in [4.78, 5) is 23.5. The van der Waals surface area contributed by atoms with E-state index in [0.717, 1.165) is 11.1 Å². The van der Waals surface area contributed by atoms with Gasteiger partial charge in [0.1, 0.15) is 17.4 Å². The Morgan fingerprint density at radius 3 is 2.06 bits per heavy atom. The molecule has 10 nitrogen and oxygen atoms in total. The van der Waals surface area contributed by atoms with Gasteiger partial charge in [-0.25, -0.2) is 9.59 Å². The van der Waals surface area contributed by atoms with Crippen LogP contribution >= 0.6 is 0 Å². The van der Waals surface area contributed by atoms with E-state index in [2.05, 4.69) is 5.32 Å². The van der Waals surface area contributed by atoms with Crippen LogP contribution in [0.4, 0.5) is 4.79 Å². The largest absolute Gasteiger partial charge is 0.444 e. The first-order chi connectivity index (χ1) is 15.6. The van der Waals surface area contributed by atoms with Crippen LogP contribution in [-0.2, 0) is 26.1 Å². The number of hydrogen-bond acceptors (Lipinski definition) is 7. The molecule has 11 heteroatoms. The summed E-state index contributed by atoms with van der Waals surface area (Å²) in [5.74, 6) is -0.194. The molecule has 0 bridgehead atoms. The molecule has 0 aliphatic rings. The third-order valence-electron chi connectivity index (χ3n) is 3.94. The minimum absolute atomic E-state index is 0.0601. The van der Waals surface area contributed by atoms with Gasteiger partial charge in [-0.1, -0.05) is 29.8 Å². The maximum absolute atomic E-state index is 11.9. The summed E-state index contributed by atoms with van der Waals surface area (Å²) in [6.45, 7) is 8.55. The highest BCUT2D eigenvalue weighted by molar-refractivity contribution is 7.85. The molecule has 34 heavy (non-hydrogen) atoms. The molecule has 1 amide bonds. The van der Waals surface area contributed by atoms with Gasteiger partial charge >= 0.3 is 12.1 Å². The van der Waals surface area contributed by atoms with Crippen molar-refractivity contribution in [2.24, 2.45) is 5.73 Å². The van der Waals surface area contributed by atoms with Crippen LogP contribution in [0, 0.1) is 12.3 Å². The fourth-order valence-corrected chi connectivity index (χ4v) is 2.83. The molecule has 0 spiro atoms. The quantitative estimate of drug-likeness (QED) is 0.156. The number of alkyl carbamates (subject to hydrolysis) is 1. The van der Waals surface area contributed by atoms with Crippen molar-refractivity contribution in [1.82, 2.24) is 5.32 Å². The standard InChI is InChI=1S/C16H23N3O4.C7H8O3S/c1-10(19-15(21)23-16(2,3)4)14(20)22-12-7-5-11(6-8-12)9-13(17)18;1-6-2-4-7(5-3-6)11(8,9)10/h5-8,10H,9H2,1-4H3,(H3,17,18)(H,19,21);2-5H,1H3,(H,8,9,10)/t10-;/m1./s1. The number of hydrogen-bond donors (Lipinski definition) is 4. The Morgan fingerprint density at radius 1 is 1.09 bits per heavy atom. The Hall–Kier alpha value is -3.44. The van der Waals surface area contributed by atoms with Gasteiger partial charge < -0.3 is 20.5 Å². The van der Waals surface area contributed by atoms with E-state index in [1.54, 1.807) is 57.2 Å². The lowest BCUT2D eigenvalue weighted by atomic mass is 10.1. The van der Waals surface area contributed by atoms with Crippen LogP contribution in [-0.4, -0.2) is 42.5 Å². The van der Waals surface area contributed by atoms with Crippen molar-refractivity contribution < 1.29 is 32.0 Å². The van der Waals surface area contributed by atoms with Crippen LogP contribution in [0.25, 0.3) is 0 Å². The summed E-state index contributed by atoms with van der Waals surface area (Å²) >= 11 is 0. The number of nitrogens with one attached hydrogen (secondary N) is 2. The summed E-state index contributed by atoms with van der Waals surface area (Å²) in [6.07, 6.45) is -0.344. The van der Waals surface area contributed by atoms with Crippen LogP contribution < -0.4 is 15.8 Å². The average Bonchev–Trinajstić information content (AvgIpc) is 2.67. The Bertz CT molecular complexity index is 1090. The molecular weight excluding hydrogens is 462 g/mol. The maximum Gasteiger partial charge on any atom is 0.408 e. The molecule has 0 radical (unpaired) electrons. The lowest BCUT2D eigenvalue weighted by Gasteiger charge is -2.21. The molecular formula is C23H31N3O7S. The zero-order chi connectivity index (χ0) is 26.1. The fraction of sp³-hybridized carbons (Fsp3) is 0.348. The van der Waals surface area contributed by atoms with E-state index >= 15 is 0 Å². The van der Waals surface area contributed by atoms with Crippen molar-refractivity contribution in [3.05, 3.63) is 59.7 Å². The minimum atomic E-state index is -4.02. The summed E-state index contributed by atoms with van der Waals surface area (Å²) in [5.41, 5.74) is 6.48. The van der Waals surface area contributed by atoms with Crippen LogP contribution in [0.2, 0.25) is 0 Å². The highest BCUT2D eigenvalue weighted by Gasteiger charge is 2.22. The first kappa shape index (κ1) is 28.6. The van der Waals surface area contributed by atoms with E-state index in [9.17, 15) is 18.0 Å². The van der Waals surface area contributed by atoms with Crippen molar-refractivity contribution >= 4 is 28.0 Å². The van der Waals surface area contributed by atoms with Crippen molar-refractivity contribution in [2.75, 3.05) is 0 Å². The van der Waals surface area contributed by atoms with Gasteiger partial charge in [-0.15, -0.1) is 0 Å². The molecule has 0 aliphatic carbocycles. The van der Waals surface area contributed by atoms with Crippen molar-refractivity contribution in [3.63, 3.8) is 0 Å². The number of amidine groups is 1. The van der Waals surface area contributed by atoms with E-state index < -0.39 is 33.8 Å². The highest BCUT2D eigenvalue weighted by Crippen LogP contribution is 2.14. The van der Waals surface area contributed by atoms with Gasteiger partial charge in [0.15, 0.2) is 0 Å². The summed E-state index contributed by atoms with van der Waals surface area (Å²) in [5, 5.41) is 9.64. The molecule has 0 aromatic heterocycles. The second-order valence-corrected chi connectivity index (χ2v) is 9.84. The Kier molecular flexibility index (Phi) is 10.2. The van der Waals surface area contributed by atoms with E-state index in [1.807, 2.05) is 6.92 Å². The maximum atomic E-state index is 11.9. The monoisotopic (exact) mass is 493 g/mol. The molecule has 0 fully saturated rings. The third kappa shape index (κ3) is 11.4. The molecule has 0 saturated heterocycles. The van der Waals surface area contributed by atoms with Crippen LogP contribution in [0.15, 0.2) is 53.4 Å². The lowest BCUT2D eigenvalue weighted by molar-refractivity contribution is -0.136. The summed E-state index contributed by atoms with van der Waals surface area (Å²) in [6, 6.07) is 11.8. The first-order valence-corrected chi connectivity index (χ1v) is 11.7. The number of esters is 1. The van der Waals surface area contributed by atoms with Crippen LogP contribution in [0.3, 0.4) is 0 Å². The molecule has 186 valence electrons. The predicted octanol–water partition coefficient (Wildman–Crippen LogP) is 3.23. The highest BCUT2D eigenvalue weighted by atomic mass is 32.2. The Labute approximate surface area is 199 Å². The van der Waals surface area contributed by atoms with E-state index in [0.29, 0.717) is 12.2 Å². The van der Waals surface area contributed by atoms with E-state index in [1.165, 1.54) is 19.1 Å². The topological polar surface area (TPSA) is 169 Å². The second kappa shape index (κ2) is 12.1. The van der Waals surface area contributed by atoms with Gasteiger partial charge in [-0.3, -0.25) is 9.96 Å². The minimum Gasteiger partial charge on any atom is -0.444 e.